The fraction of sp³-hybridized carbons (Fsp3) is 0.333. The highest BCUT2D eigenvalue weighted by atomic mass is 16.4. The molecule has 16 heavy (non-hydrogen) atoms. The number of hydrogen-bond donors (Lipinski definition) is 2. The number of aryl methyl sites for hydroxylation is 1. The molecular weight excluding hydrogens is 206 g/mol. The molecule has 0 spiro atoms. The van der Waals surface area contributed by atoms with E-state index >= 15 is 0 Å². The first kappa shape index (κ1) is 14.2. The number of hydrogen-bond acceptors (Lipinski definition) is 3. The van der Waals surface area contributed by atoms with Crippen LogP contribution in [0.15, 0.2) is 24.3 Å². The van der Waals surface area contributed by atoms with Gasteiger partial charge in [-0.2, -0.15) is 0 Å². The first-order valence-electron chi connectivity index (χ1n) is 5.02. The van der Waals surface area contributed by atoms with Crippen molar-refractivity contribution in [2.45, 2.75) is 26.7 Å². The highest BCUT2D eigenvalue weighted by molar-refractivity contribution is 5.93. The first-order chi connectivity index (χ1) is 7.47. The number of nitrogen functional groups attached to an aromatic ring is 1. The lowest BCUT2D eigenvalue weighted by Crippen LogP contribution is -2.00. The SMILES string of the molecule is CC(=O)CC(=O)O.CCc1ccccc1N. The summed E-state index contributed by atoms with van der Waals surface area (Å²) in [5.74, 6) is -1.37. The van der Waals surface area contributed by atoms with Crippen LogP contribution in [0.3, 0.4) is 0 Å². The molecule has 0 fully saturated rings. The molecule has 0 bridgehead atoms. The van der Waals surface area contributed by atoms with Gasteiger partial charge in [0.2, 0.25) is 0 Å². The third kappa shape index (κ3) is 6.59. The average Bonchev–Trinajstić information content (AvgIpc) is 2.17. The number of para-hydroxylation sites is 1. The lowest BCUT2D eigenvalue weighted by Gasteiger charge is -1.98. The minimum absolute atomic E-state index is 0.312. The van der Waals surface area contributed by atoms with Gasteiger partial charge in [0.15, 0.2) is 0 Å². The third-order valence-electron chi connectivity index (χ3n) is 1.84. The van der Waals surface area contributed by atoms with Crippen LogP contribution in [0.4, 0.5) is 5.69 Å². The van der Waals surface area contributed by atoms with Gasteiger partial charge < -0.3 is 10.8 Å². The molecule has 0 saturated carbocycles. The monoisotopic (exact) mass is 223 g/mol. The molecule has 0 radical (unpaired) electrons. The number of aliphatic carboxylic acids is 1. The second-order valence-electron chi connectivity index (χ2n) is 3.32. The van der Waals surface area contributed by atoms with E-state index in [1.54, 1.807) is 0 Å². The second kappa shape index (κ2) is 7.45. The molecule has 0 heterocycles. The summed E-state index contributed by atoms with van der Waals surface area (Å²) >= 11 is 0. The van der Waals surface area contributed by atoms with Crippen LogP contribution >= 0.6 is 0 Å². The zero-order chi connectivity index (χ0) is 12.6. The maximum absolute atomic E-state index is 9.87. The van der Waals surface area contributed by atoms with Gasteiger partial charge in [0.25, 0.3) is 0 Å². The molecular formula is C12H17NO3. The Hall–Kier alpha value is -1.84. The molecule has 4 heteroatoms. The van der Waals surface area contributed by atoms with Crippen LogP contribution in [0, 0.1) is 0 Å². The Morgan fingerprint density at radius 2 is 1.88 bits per heavy atom. The van der Waals surface area contributed by atoms with Gasteiger partial charge in [-0.05, 0) is 25.0 Å². The van der Waals surface area contributed by atoms with Crippen molar-refractivity contribution in [3.8, 4) is 0 Å². The van der Waals surface area contributed by atoms with Gasteiger partial charge in [0.1, 0.15) is 12.2 Å². The Labute approximate surface area is 95.1 Å². The highest BCUT2D eigenvalue weighted by Gasteiger charge is 1.98. The van der Waals surface area contributed by atoms with E-state index in [1.165, 1.54) is 12.5 Å². The quantitative estimate of drug-likeness (QED) is 0.605. The summed E-state index contributed by atoms with van der Waals surface area (Å²) in [5.41, 5.74) is 7.77. The Kier molecular flexibility index (Phi) is 6.59. The van der Waals surface area contributed by atoms with Crippen molar-refractivity contribution in [1.29, 1.82) is 0 Å². The second-order valence-corrected chi connectivity index (χ2v) is 3.32. The molecule has 1 aromatic carbocycles. The first-order valence-corrected chi connectivity index (χ1v) is 5.02. The van der Waals surface area contributed by atoms with Gasteiger partial charge in [0, 0.05) is 5.69 Å². The number of anilines is 1. The average molecular weight is 223 g/mol. The largest absolute Gasteiger partial charge is 0.481 e. The van der Waals surface area contributed by atoms with Crippen LogP contribution in [-0.2, 0) is 16.0 Å². The van der Waals surface area contributed by atoms with Crippen molar-refractivity contribution in [3.63, 3.8) is 0 Å². The van der Waals surface area contributed by atoms with E-state index in [2.05, 4.69) is 13.0 Å². The summed E-state index contributed by atoms with van der Waals surface area (Å²) in [6, 6.07) is 7.94. The summed E-state index contributed by atoms with van der Waals surface area (Å²) in [4.78, 5) is 19.5. The third-order valence-corrected chi connectivity index (χ3v) is 1.84. The smallest absolute Gasteiger partial charge is 0.310 e. The van der Waals surface area contributed by atoms with Crippen molar-refractivity contribution in [3.05, 3.63) is 29.8 Å². The molecule has 0 aromatic heterocycles. The molecule has 0 aliphatic rings. The lowest BCUT2D eigenvalue weighted by atomic mass is 10.1. The number of carbonyl (C=O) groups excluding carboxylic acids is 1. The van der Waals surface area contributed by atoms with Gasteiger partial charge in [-0.3, -0.25) is 9.59 Å². The molecule has 0 aliphatic heterocycles. The highest BCUT2D eigenvalue weighted by Crippen LogP contribution is 2.09. The molecule has 3 N–H and O–H groups in total. The Bertz CT molecular complexity index is 349. The van der Waals surface area contributed by atoms with E-state index < -0.39 is 5.97 Å². The topological polar surface area (TPSA) is 80.4 Å². The van der Waals surface area contributed by atoms with Gasteiger partial charge in [-0.25, -0.2) is 0 Å². The van der Waals surface area contributed by atoms with Crippen molar-refractivity contribution >= 4 is 17.4 Å². The number of nitrogens with two attached hydrogens (primary N) is 1. The lowest BCUT2D eigenvalue weighted by molar-refractivity contribution is -0.139. The van der Waals surface area contributed by atoms with Gasteiger partial charge in [0.05, 0.1) is 0 Å². The molecule has 88 valence electrons. The number of benzene rings is 1. The molecule has 1 aromatic rings. The van der Waals surface area contributed by atoms with Gasteiger partial charge in [-0.1, -0.05) is 25.1 Å². The molecule has 0 atom stereocenters. The van der Waals surface area contributed by atoms with Crippen molar-refractivity contribution in [2.75, 3.05) is 5.73 Å². The number of carboxylic acid groups (broad SMARTS) is 1. The molecule has 0 aliphatic carbocycles. The van der Waals surface area contributed by atoms with Crippen LogP contribution in [-0.4, -0.2) is 16.9 Å². The van der Waals surface area contributed by atoms with Crippen LogP contribution < -0.4 is 5.73 Å². The minimum atomic E-state index is -1.06. The Morgan fingerprint density at radius 1 is 1.31 bits per heavy atom. The Morgan fingerprint density at radius 3 is 2.12 bits per heavy atom. The summed E-state index contributed by atoms with van der Waals surface area (Å²) in [7, 11) is 0. The normalized spacial score (nSPS) is 8.88. The van der Waals surface area contributed by atoms with E-state index in [0.29, 0.717) is 0 Å². The van der Waals surface area contributed by atoms with E-state index in [1.807, 2.05) is 18.2 Å². The fourth-order valence-electron chi connectivity index (χ4n) is 1.07. The summed E-state index contributed by atoms with van der Waals surface area (Å²) < 4.78 is 0. The summed E-state index contributed by atoms with van der Waals surface area (Å²) in [6.45, 7) is 3.35. The van der Waals surface area contributed by atoms with E-state index in [9.17, 15) is 9.59 Å². The number of Topliss-reactive ketones (excluding diaryl/α,β-unsaturated/α-hetero) is 1. The van der Waals surface area contributed by atoms with Crippen LogP contribution in [0.5, 0.6) is 0 Å². The molecule has 0 saturated heterocycles. The molecule has 4 nitrogen and oxygen atoms in total. The van der Waals surface area contributed by atoms with E-state index in [-0.39, 0.29) is 12.2 Å². The van der Waals surface area contributed by atoms with Gasteiger partial charge >= 0.3 is 5.97 Å². The summed E-state index contributed by atoms with van der Waals surface area (Å²) in [5, 5.41) is 7.86. The predicted molar refractivity (Wildman–Crippen MR) is 63.2 cm³/mol. The number of rotatable bonds is 3. The molecule has 0 amide bonds. The fourth-order valence-corrected chi connectivity index (χ4v) is 1.07. The van der Waals surface area contributed by atoms with Crippen LogP contribution in [0.1, 0.15) is 25.8 Å². The van der Waals surface area contributed by atoms with E-state index in [0.717, 1.165) is 12.1 Å². The minimum Gasteiger partial charge on any atom is -0.481 e. The number of ketones is 1. The zero-order valence-electron chi connectivity index (χ0n) is 9.56. The van der Waals surface area contributed by atoms with E-state index in [4.69, 9.17) is 10.8 Å². The van der Waals surface area contributed by atoms with Crippen molar-refractivity contribution in [2.24, 2.45) is 0 Å². The Balaban J connectivity index is 0.000000293. The van der Waals surface area contributed by atoms with Gasteiger partial charge in [-0.15, -0.1) is 0 Å². The predicted octanol–water partition coefficient (Wildman–Crippen LogP) is 1.88. The molecule has 0 unspecified atom stereocenters. The number of carboxylic acids is 1. The maximum atomic E-state index is 9.87. The standard InChI is InChI=1S/C8H11N.C4H6O3/c1-2-7-5-3-4-6-8(7)9;1-3(5)2-4(6)7/h3-6H,2,9H2,1H3;2H2,1H3,(H,6,7). The van der Waals surface area contributed by atoms with Crippen molar-refractivity contribution < 1.29 is 14.7 Å². The van der Waals surface area contributed by atoms with Crippen LogP contribution in [0.2, 0.25) is 0 Å². The maximum Gasteiger partial charge on any atom is 0.310 e. The van der Waals surface area contributed by atoms with Crippen LogP contribution in [0.25, 0.3) is 0 Å². The molecule has 1 rings (SSSR count). The number of carbonyl (C=O) groups is 2. The zero-order valence-corrected chi connectivity index (χ0v) is 9.56. The summed E-state index contributed by atoms with van der Waals surface area (Å²) in [6.07, 6.45) is 0.659. The van der Waals surface area contributed by atoms with Crippen molar-refractivity contribution in [1.82, 2.24) is 0 Å².